The van der Waals surface area contributed by atoms with E-state index in [-0.39, 0.29) is 11.9 Å². The van der Waals surface area contributed by atoms with Crippen molar-refractivity contribution in [2.45, 2.75) is 26.8 Å². The highest BCUT2D eigenvalue weighted by molar-refractivity contribution is 5.95. The van der Waals surface area contributed by atoms with Crippen LogP contribution in [-0.4, -0.2) is 27.2 Å². The first kappa shape index (κ1) is 12.4. The Labute approximate surface area is 106 Å². The first-order valence-corrected chi connectivity index (χ1v) is 6.01. The summed E-state index contributed by atoms with van der Waals surface area (Å²) >= 11 is 0. The van der Waals surface area contributed by atoms with Gasteiger partial charge in [0.2, 0.25) is 0 Å². The summed E-state index contributed by atoms with van der Waals surface area (Å²) in [6.45, 7) is 6.47. The Hall–Kier alpha value is -2.04. The Morgan fingerprint density at radius 2 is 2.33 bits per heavy atom. The molecule has 0 saturated heterocycles. The molecule has 2 rings (SSSR count). The maximum atomic E-state index is 11.9. The Morgan fingerprint density at radius 3 is 2.89 bits per heavy atom. The Kier molecular flexibility index (Phi) is 3.50. The van der Waals surface area contributed by atoms with Gasteiger partial charge in [0.05, 0.1) is 17.8 Å². The smallest absolute Gasteiger partial charge is 0.253 e. The molecule has 0 bridgehead atoms. The highest BCUT2D eigenvalue weighted by Gasteiger charge is 2.11. The van der Waals surface area contributed by atoms with Crippen molar-refractivity contribution >= 4 is 5.91 Å². The monoisotopic (exact) mass is 246 g/mol. The van der Waals surface area contributed by atoms with Crippen LogP contribution in [0.4, 0.5) is 0 Å². The fourth-order valence-electron chi connectivity index (χ4n) is 1.80. The third kappa shape index (κ3) is 2.61. The quantitative estimate of drug-likeness (QED) is 0.864. The highest BCUT2D eigenvalue weighted by Crippen LogP contribution is 2.07. The summed E-state index contributed by atoms with van der Waals surface area (Å²) in [5, 5.41) is 7.15. The van der Waals surface area contributed by atoms with Gasteiger partial charge in [-0.15, -0.1) is 0 Å². The molecular weight excluding hydrogens is 228 g/mol. The molecule has 0 aliphatic carbocycles. The number of nitrogens with zero attached hydrogens (tertiary/aromatic N) is 2. The second kappa shape index (κ2) is 5.08. The summed E-state index contributed by atoms with van der Waals surface area (Å²) in [4.78, 5) is 14.9. The Balaban J connectivity index is 1.92. The number of H-pyrrole nitrogens is 1. The van der Waals surface area contributed by atoms with E-state index < -0.39 is 0 Å². The summed E-state index contributed by atoms with van der Waals surface area (Å²) in [5.74, 6) is -0.0514. The van der Waals surface area contributed by atoms with E-state index in [4.69, 9.17) is 0 Å². The normalized spacial score (nSPS) is 12.4. The zero-order valence-corrected chi connectivity index (χ0v) is 10.9. The summed E-state index contributed by atoms with van der Waals surface area (Å²) in [6, 6.07) is 1.93. The van der Waals surface area contributed by atoms with E-state index in [9.17, 15) is 4.79 Å². The zero-order chi connectivity index (χ0) is 13.1. The van der Waals surface area contributed by atoms with Crippen molar-refractivity contribution in [3.63, 3.8) is 0 Å². The van der Waals surface area contributed by atoms with E-state index in [0.717, 1.165) is 11.3 Å². The van der Waals surface area contributed by atoms with Gasteiger partial charge in [-0.3, -0.25) is 9.48 Å². The lowest BCUT2D eigenvalue weighted by Crippen LogP contribution is -2.29. The van der Waals surface area contributed by atoms with E-state index in [1.54, 1.807) is 12.3 Å². The second-order valence-corrected chi connectivity index (χ2v) is 4.57. The van der Waals surface area contributed by atoms with Gasteiger partial charge >= 0.3 is 0 Å². The van der Waals surface area contributed by atoms with E-state index in [0.29, 0.717) is 12.1 Å². The summed E-state index contributed by atoms with van der Waals surface area (Å²) in [7, 11) is 0. The first-order valence-electron chi connectivity index (χ1n) is 6.01. The third-order valence-electron chi connectivity index (χ3n) is 2.94. The highest BCUT2D eigenvalue weighted by atomic mass is 16.1. The van der Waals surface area contributed by atoms with Crippen LogP contribution >= 0.6 is 0 Å². The van der Waals surface area contributed by atoms with E-state index >= 15 is 0 Å². The molecule has 0 fully saturated rings. The number of aromatic nitrogens is 3. The lowest BCUT2D eigenvalue weighted by atomic mass is 10.2. The van der Waals surface area contributed by atoms with Crippen molar-refractivity contribution in [2.75, 3.05) is 6.54 Å². The fraction of sp³-hybridized carbons (Fsp3) is 0.385. The predicted molar refractivity (Wildman–Crippen MR) is 69.5 cm³/mol. The van der Waals surface area contributed by atoms with Crippen LogP contribution in [0.3, 0.4) is 0 Å². The van der Waals surface area contributed by atoms with Crippen molar-refractivity contribution in [1.29, 1.82) is 0 Å². The minimum atomic E-state index is -0.0514. The molecule has 0 spiro atoms. The molecule has 5 heteroatoms. The molecule has 2 aromatic rings. The number of carbonyl (C=O) groups is 1. The average Bonchev–Trinajstić information content (AvgIpc) is 2.94. The van der Waals surface area contributed by atoms with Crippen molar-refractivity contribution in [3.05, 3.63) is 41.5 Å². The van der Waals surface area contributed by atoms with Gasteiger partial charge in [-0.1, -0.05) is 0 Å². The van der Waals surface area contributed by atoms with Gasteiger partial charge in [-0.05, 0) is 32.4 Å². The first-order chi connectivity index (χ1) is 8.58. The van der Waals surface area contributed by atoms with E-state index in [1.165, 1.54) is 0 Å². The van der Waals surface area contributed by atoms with Crippen molar-refractivity contribution in [1.82, 2.24) is 20.1 Å². The molecule has 2 aromatic heterocycles. The summed E-state index contributed by atoms with van der Waals surface area (Å²) in [5.41, 5.74) is 2.70. The van der Waals surface area contributed by atoms with Crippen LogP contribution in [-0.2, 0) is 0 Å². The molecule has 2 N–H and O–H groups in total. The standard InChI is InChI=1S/C13H18N4O/c1-9-6-16-17(8-9)10(2)7-15-13(18)12-4-5-14-11(12)3/h4-6,8,10,14H,7H2,1-3H3,(H,15,18)/t10-/m1/s1. The number of amides is 1. The fourth-order valence-corrected chi connectivity index (χ4v) is 1.80. The molecule has 0 unspecified atom stereocenters. The zero-order valence-electron chi connectivity index (χ0n) is 10.9. The van der Waals surface area contributed by atoms with Gasteiger partial charge in [0, 0.05) is 24.6 Å². The molecule has 1 amide bonds. The topological polar surface area (TPSA) is 62.7 Å². The molecule has 1 atom stereocenters. The Morgan fingerprint density at radius 1 is 1.56 bits per heavy atom. The molecule has 5 nitrogen and oxygen atoms in total. The van der Waals surface area contributed by atoms with Gasteiger partial charge in [0.15, 0.2) is 0 Å². The van der Waals surface area contributed by atoms with Crippen molar-refractivity contribution < 1.29 is 4.79 Å². The van der Waals surface area contributed by atoms with Gasteiger partial charge in [-0.25, -0.2) is 0 Å². The van der Waals surface area contributed by atoms with Gasteiger partial charge in [0.25, 0.3) is 5.91 Å². The minimum absolute atomic E-state index is 0.0514. The van der Waals surface area contributed by atoms with Gasteiger partial charge < -0.3 is 10.3 Å². The number of nitrogens with one attached hydrogen (secondary N) is 2. The van der Waals surface area contributed by atoms with Crippen LogP contribution < -0.4 is 5.32 Å². The van der Waals surface area contributed by atoms with Gasteiger partial charge in [-0.2, -0.15) is 5.10 Å². The molecule has 96 valence electrons. The number of carbonyl (C=O) groups excluding carboxylic acids is 1. The Bertz CT molecular complexity index is 541. The third-order valence-corrected chi connectivity index (χ3v) is 2.94. The molecule has 0 aromatic carbocycles. The van der Waals surface area contributed by atoms with E-state index in [2.05, 4.69) is 15.4 Å². The molecular formula is C13H18N4O. The molecule has 18 heavy (non-hydrogen) atoms. The number of hydrogen-bond acceptors (Lipinski definition) is 2. The van der Waals surface area contributed by atoms with E-state index in [1.807, 2.05) is 37.8 Å². The number of rotatable bonds is 4. The lowest BCUT2D eigenvalue weighted by Gasteiger charge is -2.13. The molecule has 0 saturated carbocycles. The van der Waals surface area contributed by atoms with Crippen LogP contribution in [0.2, 0.25) is 0 Å². The van der Waals surface area contributed by atoms with Crippen LogP contribution in [0.25, 0.3) is 0 Å². The minimum Gasteiger partial charge on any atom is -0.365 e. The second-order valence-electron chi connectivity index (χ2n) is 4.57. The molecule has 0 radical (unpaired) electrons. The molecule has 0 aliphatic heterocycles. The van der Waals surface area contributed by atoms with Crippen LogP contribution in [0.15, 0.2) is 24.7 Å². The van der Waals surface area contributed by atoms with Crippen LogP contribution in [0.1, 0.15) is 34.6 Å². The number of hydrogen-bond donors (Lipinski definition) is 2. The summed E-state index contributed by atoms with van der Waals surface area (Å²) in [6.07, 6.45) is 5.55. The number of aromatic amines is 1. The average molecular weight is 246 g/mol. The maximum absolute atomic E-state index is 11.9. The van der Waals surface area contributed by atoms with Crippen molar-refractivity contribution in [2.24, 2.45) is 0 Å². The number of aryl methyl sites for hydroxylation is 2. The summed E-state index contributed by atoms with van der Waals surface area (Å²) < 4.78 is 1.86. The van der Waals surface area contributed by atoms with Crippen LogP contribution in [0.5, 0.6) is 0 Å². The van der Waals surface area contributed by atoms with Crippen molar-refractivity contribution in [3.8, 4) is 0 Å². The molecule has 0 aliphatic rings. The maximum Gasteiger partial charge on any atom is 0.253 e. The van der Waals surface area contributed by atoms with Crippen LogP contribution in [0, 0.1) is 13.8 Å². The molecule has 2 heterocycles. The largest absolute Gasteiger partial charge is 0.365 e. The SMILES string of the molecule is Cc1cnn([C@H](C)CNC(=O)c2cc[nH]c2C)c1. The predicted octanol–water partition coefficient (Wildman–Crippen LogP) is 1.82. The lowest BCUT2D eigenvalue weighted by molar-refractivity contribution is 0.0947. The van der Waals surface area contributed by atoms with Gasteiger partial charge in [0.1, 0.15) is 0 Å².